The monoisotopic (exact) mass is 596 g/mol. The molecule has 0 bridgehead atoms. The SMILES string of the molecule is CC(=O)CC(C)(O)CCO.CC(=O)CC1(C)CCOC(=O)O1.CC(O)(CCO)CC(=O)O.CC1(O)CCOC(=O)C1. The second kappa shape index (κ2) is 18.7. The standard InChI is InChI=1S/C8H12O4.C7H14O3.C6H12O4.C6H10O3/c1-6(9)5-8(2)3-4-11-7(10)12-8;1-6(9)5-7(2,10)3-4-8;1-6(10,2-3-7)4-5(8)9;1-6(8)2-3-9-5(7)4-6/h3-5H2,1-2H3;8,10H,3-5H2,1-2H3;7,10H,2-4H2,1H3,(H,8,9);8H,2-4H2,1H3. The van der Waals surface area contributed by atoms with E-state index in [4.69, 9.17) is 25.2 Å². The van der Waals surface area contributed by atoms with Gasteiger partial charge in [-0.25, -0.2) is 4.79 Å². The van der Waals surface area contributed by atoms with Gasteiger partial charge in [-0.05, 0) is 54.4 Å². The maximum Gasteiger partial charge on any atom is 0.508 e. The lowest BCUT2D eigenvalue weighted by atomic mass is 9.95. The van der Waals surface area contributed by atoms with Crippen LogP contribution in [0.3, 0.4) is 0 Å². The molecule has 0 aliphatic carbocycles. The molecule has 2 aliphatic rings. The molecular formula is C27H48O14. The van der Waals surface area contributed by atoms with Gasteiger partial charge in [0, 0.05) is 38.9 Å². The predicted molar refractivity (Wildman–Crippen MR) is 144 cm³/mol. The van der Waals surface area contributed by atoms with E-state index >= 15 is 0 Å². The van der Waals surface area contributed by atoms with Gasteiger partial charge in [0.1, 0.15) is 17.2 Å². The van der Waals surface area contributed by atoms with Crippen LogP contribution in [0.4, 0.5) is 4.79 Å². The van der Waals surface area contributed by atoms with Gasteiger partial charge in [-0.2, -0.15) is 0 Å². The Morgan fingerprint density at radius 2 is 1.34 bits per heavy atom. The summed E-state index contributed by atoms with van der Waals surface area (Å²) in [5.74, 6) is -1.39. The number of aliphatic carboxylic acids is 1. The number of carbonyl (C=O) groups excluding carboxylic acids is 4. The number of hydrogen-bond acceptors (Lipinski definition) is 13. The smallest absolute Gasteiger partial charge is 0.481 e. The molecule has 4 unspecified atom stereocenters. The van der Waals surface area contributed by atoms with Crippen LogP contribution in [0.2, 0.25) is 0 Å². The zero-order valence-electron chi connectivity index (χ0n) is 24.9. The van der Waals surface area contributed by atoms with Crippen LogP contribution in [0.1, 0.15) is 92.9 Å². The van der Waals surface area contributed by atoms with Gasteiger partial charge in [-0.15, -0.1) is 0 Å². The number of carboxylic acids is 1. The molecule has 0 aromatic heterocycles. The van der Waals surface area contributed by atoms with E-state index in [9.17, 15) is 34.2 Å². The van der Waals surface area contributed by atoms with Crippen molar-refractivity contribution in [3.63, 3.8) is 0 Å². The Hall–Kier alpha value is -2.65. The summed E-state index contributed by atoms with van der Waals surface area (Å²) in [5, 5.41) is 52.7. The van der Waals surface area contributed by atoms with Crippen LogP contribution in [0.15, 0.2) is 0 Å². The first-order chi connectivity index (χ1) is 18.6. The Labute approximate surface area is 240 Å². The van der Waals surface area contributed by atoms with Crippen molar-refractivity contribution in [2.75, 3.05) is 26.4 Å². The molecule has 4 atom stereocenters. The molecule has 14 heteroatoms. The first-order valence-electron chi connectivity index (χ1n) is 13.2. The van der Waals surface area contributed by atoms with Gasteiger partial charge in [-0.3, -0.25) is 19.2 Å². The molecule has 0 aromatic carbocycles. The minimum absolute atomic E-state index is 0.0206. The maximum atomic E-state index is 10.8. The lowest BCUT2D eigenvalue weighted by Crippen LogP contribution is -2.39. The molecule has 2 aliphatic heterocycles. The number of Topliss-reactive ketones (excluding diaryl/α,β-unsaturated/α-hetero) is 2. The number of cyclic esters (lactones) is 3. The fraction of sp³-hybridized carbons (Fsp3) is 0.815. The third kappa shape index (κ3) is 23.7. The highest BCUT2D eigenvalue weighted by Gasteiger charge is 2.35. The summed E-state index contributed by atoms with van der Waals surface area (Å²) in [4.78, 5) is 52.5. The number of aliphatic hydroxyl groups excluding tert-OH is 2. The average molecular weight is 597 g/mol. The molecule has 2 heterocycles. The van der Waals surface area contributed by atoms with Crippen molar-refractivity contribution in [2.45, 2.75) is 115 Å². The minimum Gasteiger partial charge on any atom is -0.481 e. The fourth-order valence-electron chi connectivity index (χ4n) is 3.64. The number of aliphatic hydroxyl groups is 5. The van der Waals surface area contributed by atoms with Gasteiger partial charge in [0.25, 0.3) is 0 Å². The van der Waals surface area contributed by atoms with Crippen molar-refractivity contribution in [2.24, 2.45) is 0 Å². The van der Waals surface area contributed by atoms with Crippen LogP contribution < -0.4 is 0 Å². The maximum absolute atomic E-state index is 10.8. The lowest BCUT2D eigenvalue weighted by Gasteiger charge is -2.31. The third-order valence-corrected chi connectivity index (χ3v) is 5.69. The van der Waals surface area contributed by atoms with Crippen LogP contribution >= 0.6 is 0 Å². The third-order valence-electron chi connectivity index (χ3n) is 5.69. The summed E-state index contributed by atoms with van der Waals surface area (Å²) < 4.78 is 14.1. The number of rotatable bonds is 10. The van der Waals surface area contributed by atoms with Crippen LogP contribution in [-0.4, -0.2) is 109 Å². The van der Waals surface area contributed by atoms with Crippen molar-refractivity contribution in [1.82, 2.24) is 0 Å². The second-order valence-electron chi connectivity index (χ2n) is 11.3. The van der Waals surface area contributed by atoms with Crippen molar-refractivity contribution < 1.29 is 68.8 Å². The van der Waals surface area contributed by atoms with Crippen LogP contribution in [0, 0.1) is 0 Å². The molecule has 0 radical (unpaired) electrons. The predicted octanol–water partition coefficient (Wildman–Crippen LogP) is 1.05. The lowest BCUT2D eigenvalue weighted by molar-refractivity contribution is -0.158. The van der Waals surface area contributed by atoms with E-state index in [1.54, 1.807) is 20.8 Å². The molecule has 14 nitrogen and oxygen atoms in total. The Kier molecular flexibility index (Phi) is 18.5. The molecule has 2 fully saturated rings. The molecule has 6 N–H and O–H groups in total. The van der Waals surface area contributed by atoms with Crippen LogP contribution in [0.5, 0.6) is 0 Å². The molecule has 2 saturated heterocycles. The molecule has 0 saturated carbocycles. The summed E-state index contributed by atoms with van der Waals surface area (Å²) in [6, 6.07) is 0. The molecule has 0 aromatic rings. The Balaban J connectivity index is 0. The molecule has 0 spiro atoms. The molecule has 0 amide bonds. The van der Waals surface area contributed by atoms with Crippen LogP contribution in [-0.2, 0) is 33.4 Å². The van der Waals surface area contributed by atoms with Gasteiger partial charge in [0.15, 0.2) is 0 Å². The number of esters is 1. The van der Waals surface area contributed by atoms with Gasteiger partial charge < -0.3 is 44.8 Å². The van der Waals surface area contributed by atoms with Gasteiger partial charge in [-0.1, -0.05) is 0 Å². The van der Waals surface area contributed by atoms with Crippen molar-refractivity contribution in [1.29, 1.82) is 0 Å². The number of ether oxygens (including phenoxy) is 3. The van der Waals surface area contributed by atoms with Gasteiger partial charge >= 0.3 is 18.1 Å². The van der Waals surface area contributed by atoms with E-state index in [2.05, 4.69) is 9.47 Å². The van der Waals surface area contributed by atoms with Gasteiger partial charge in [0.05, 0.1) is 42.9 Å². The van der Waals surface area contributed by atoms with E-state index in [0.717, 1.165) is 0 Å². The average Bonchev–Trinajstić information content (AvgIpc) is 2.71. The zero-order chi connectivity index (χ0) is 32.5. The van der Waals surface area contributed by atoms with E-state index in [0.29, 0.717) is 26.1 Å². The molecule has 240 valence electrons. The summed E-state index contributed by atoms with van der Waals surface area (Å²) in [6.45, 7) is 9.64. The van der Waals surface area contributed by atoms with Crippen molar-refractivity contribution in [3.05, 3.63) is 0 Å². The molecular weight excluding hydrogens is 548 g/mol. The van der Waals surface area contributed by atoms with E-state index in [-0.39, 0.29) is 69.3 Å². The van der Waals surface area contributed by atoms with Gasteiger partial charge in [0.2, 0.25) is 0 Å². The highest BCUT2D eigenvalue weighted by Crippen LogP contribution is 2.25. The van der Waals surface area contributed by atoms with E-state index < -0.39 is 34.5 Å². The minimum atomic E-state index is -1.28. The topological polar surface area (TPSA) is 234 Å². The summed E-state index contributed by atoms with van der Waals surface area (Å²) >= 11 is 0. The quantitative estimate of drug-likeness (QED) is 0.193. The van der Waals surface area contributed by atoms with E-state index in [1.807, 2.05) is 0 Å². The van der Waals surface area contributed by atoms with E-state index in [1.165, 1.54) is 20.8 Å². The number of hydrogen-bond donors (Lipinski definition) is 6. The first-order valence-corrected chi connectivity index (χ1v) is 13.2. The summed E-state index contributed by atoms with van der Waals surface area (Å²) in [7, 11) is 0. The Morgan fingerprint density at radius 1 is 0.854 bits per heavy atom. The van der Waals surface area contributed by atoms with Crippen molar-refractivity contribution in [3.8, 4) is 0 Å². The Bertz CT molecular complexity index is 815. The normalized spacial score (nSPS) is 24.4. The Morgan fingerprint density at radius 3 is 1.68 bits per heavy atom. The van der Waals surface area contributed by atoms with Crippen molar-refractivity contribution >= 4 is 29.7 Å². The summed E-state index contributed by atoms with van der Waals surface area (Å²) in [5.41, 5.74) is -3.78. The summed E-state index contributed by atoms with van der Waals surface area (Å²) in [6.07, 6.45) is 1.00. The second-order valence-corrected chi connectivity index (χ2v) is 11.3. The molecule has 2 rings (SSSR count). The highest BCUT2D eigenvalue weighted by atomic mass is 16.7. The zero-order valence-corrected chi connectivity index (χ0v) is 24.9. The first kappa shape index (κ1) is 40.5. The molecule has 41 heavy (non-hydrogen) atoms. The van der Waals surface area contributed by atoms with Crippen LogP contribution in [0.25, 0.3) is 0 Å². The number of carbonyl (C=O) groups is 5. The number of carboxylic acid groups (broad SMARTS) is 1. The highest BCUT2D eigenvalue weighted by molar-refractivity contribution is 5.77. The largest absolute Gasteiger partial charge is 0.508 e. The fourth-order valence-corrected chi connectivity index (χ4v) is 3.64. The number of ketones is 2.